The lowest BCUT2D eigenvalue weighted by Crippen LogP contribution is -2.50. The molecule has 1 saturated heterocycles. The van der Waals surface area contributed by atoms with Crippen molar-refractivity contribution >= 4 is 23.3 Å². The van der Waals surface area contributed by atoms with Gasteiger partial charge in [-0.05, 0) is 12.1 Å². The Kier molecular flexibility index (Phi) is 5.01. The van der Waals surface area contributed by atoms with Crippen molar-refractivity contribution in [3.8, 4) is 0 Å². The zero-order valence-corrected chi connectivity index (χ0v) is 11.4. The van der Waals surface area contributed by atoms with Crippen molar-refractivity contribution in [3.63, 3.8) is 0 Å². The molecule has 0 aromatic heterocycles. The first kappa shape index (κ1) is 14.1. The van der Waals surface area contributed by atoms with E-state index in [1.165, 1.54) is 0 Å². The van der Waals surface area contributed by atoms with Gasteiger partial charge in [-0.15, -0.1) is 0 Å². The number of halogens is 1. The van der Waals surface area contributed by atoms with E-state index in [9.17, 15) is 4.79 Å². The number of carbonyl (C=O) groups is 1. The van der Waals surface area contributed by atoms with Crippen molar-refractivity contribution in [2.24, 2.45) is 0 Å². The molecule has 0 spiro atoms. The van der Waals surface area contributed by atoms with Crippen LogP contribution < -0.4 is 5.32 Å². The Morgan fingerprint density at radius 2 is 1.95 bits per heavy atom. The van der Waals surface area contributed by atoms with E-state index in [-0.39, 0.29) is 12.6 Å². The van der Waals surface area contributed by atoms with E-state index in [1.54, 1.807) is 17.0 Å². The number of amides is 2. The van der Waals surface area contributed by atoms with Crippen LogP contribution in [0.4, 0.5) is 10.5 Å². The summed E-state index contributed by atoms with van der Waals surface area (Å²) in [5, 5.41) is 12.2. The van der Waals surface area contributed by atoms with E-state index in [1.807, 2.05) is 12.1 Å². The fraction of sp³-hybridized carbons (Fsp3) is 0.462. The van der Waals surface area contributed by atoms with Crippen molar-refractivity contribution in [1.29, 1.82) is 0 Å². The Morgan fingerprint density at radius 3 is 2.58 bits per heavy atom. The Morgan fingerprint density at radius 1 is 1.26 bits per heavy atom. The van der Waals surface area contributed by atoms with Gasteiger partial charge in [0, 0.05) is 32.7 Å². The molecule has 0 atom stereocenters. The number of piperazine rings is 1. The van der Waals surface area contributed by atoms with Gasteiger partial charge in [0.1, 0.15) is 0 Å². The molecule has 1 heterocycles. The molecule has 0 radical (unpaired) electrons. The number of nitrogens with one attached hydrogen (secondary N) is 1. The quantitative estimate of drug-likeness (QED) is 0.883. The van der Waals surface area contributed by atoms with Crippen molar-refractivity contribution < 1.29 is 9.90 Å². The maximum absolute atomic E-state index is 12.1. The smallest absolute Gasteiger partial charge is 0.321 e. The van der Waals surface area contributed by atoms with E-state index in [4.69, 9.17) is 16.7 Å². The van der Waals surface area contributed by atoms with Crippen LogP contribution in [0.25, 0.3) is 0 Å². The fourth-order valence-corrected chi connectivity index (χ4v) is 2.26. The maximum atomic E-state index is 12.1. The molecule has 0 aliphatic carbocycles. The number of hydrogen-bond donors (Lipinski definition) is 2. The molecule has 19 heavy (non-hydrogen) atoms. The number of rotatable bonds is 3. The van der Waals surface area contributed by atoms with Gasteiger partial charge in [0.15, 0.2) is 0 Å². The van der Waals surface area contributed by atoms with Gasteiger partial charge in [-0.25, -0.2) is 4.79 Å². The normalized spacial score (nSPS) is 16.4. The number of para-hydroxylation sites is 1. The number of urea groups is 1. The minimum Gasteiger partial charge on any atom is -0.395 e. The molecular formula is C13H18ClN3O2. The summed E-state index contributed by atoms with van der Waals surface area (Å²) < 4.78 is 0. The molecule has 2 amide bonds. The number of carbonyl (C=O) groups excluding carboxylic acids is 1. The zero-order chi connectivity index (χ0) is 13.7. The second-order valence-electron chi connectivity index (χ2n) is 4.46. The van der Waals surface area contributed by atoms with Crippen molar-refractivity contribution in [2.75, 3.05) is 44.6 Å². The molecule has 5 nitrogen and oxygen atoms in total. The number of nitrogens with zero attached hydrogens (tertiary/aromatic N) is 2. The average molecular weight is 284 g/mol. The first-order valence-electron chi connectivity index (χ1n) is 6.34. The number of benzene rings is 1. The van der Waals surface area contributed by atoms with Crippen molar-refractivity contribution in [2.45, 2.75) is 0 Å². The highest BCUT2D eigenvalue weighted by molar-refractivity contribution is 6.33. The predicted molar refractivity (Wildman–Crippen MR) is 75.6 cm³/mol. The SMILES string of the molecule is O=C(Nc1ccccc1Cl)N1CCN(CCO)CC1. The minimum absolute atomic E-state index is 0.128. The van der Waals surface area contributed by atoms with E-state index in [0.717, 1.165) is 13.1 Å². The number of aliphatic hydroxyl groups is 1. The van der Waals surface area contributed by atoms with Crippen LogP contribution in [0.3, 0.4) is 0 Å². The maximum Gasteiger partial charge on any atom is 0.321 e. The van der Waals surface area contributed by atoms with Gasteiger partial charge in [-0.1, -0.05) is 23.7 Å². The summed E-state index contributed by atoms with van der Waals surface area (Å²) in [5.41, 5.74) is 0.631. The number of aliphatic hydroxyl groups excluding tert-OH is 1. The first-order chi connectivity index (χ1) is 9.20. The lowest BCUT2D eigenvalue weighted by atomic mass is 10.3. The third kappa shape index (κ3) is 3.83. The molecule has 1 fully saturated rings. The summed E-state index contributed by atoms with van der Waals surface area (Å²) in [6.45, 7) is 3.73. The lowest BCUT2D eigenvalue weighted by Gasteiger charge is -2.34. The molecule has 1 aliphatic heterocycles. The molecular weight excluding hydrogens is 266 g/mol. The number of anilines is 1. The van der Waals surface area contributed by atoms with Crippen molar-refractivity contribution in [1.82, 2.24) is 9.80 Å². The summed E-state index contributed by atoms with van der Waals surface area (Å²) in [5.74, 6) is 0. The zero-order valence-electron chi connectivity index (χ0n) is 10.7. The van der Waals surface area contributed by atoms with Gasteiger partial charge >= 0.3 is 6.03 Å². The molecule has 0 unspecified atom stereocenters. The second kappa shape index (κ2) is 6.75. The van der Waals surface area contributed by atoms with E-state index >= 15 is 0 Å². The Labute approximate surface area is 117 Å². The monoisotopic (exact) mass is 283 g/mol. The van der Waals surface area contributed by atoms with Crippen LogP contribution in [-0.4, -0.2) is 60.3 Å². The molecule has 1 aliphatic rings. The van der Waals surface area contributed by atoms with Crippen LogP contribution in [0.1, 0.15) is 0 Å². The van der Waals surface area contributed by atoms with Gasteiger partial charge in [-0.2, -0.15) is 0 Å². The topological polar surface area (TPSA) is 55.8 Å². The van der Waals surface area contributed by atoms with Crippen LogP contribution in [0.15, 0.2) is 24.3 Å². The Hall–Kier alpha value is -1.30. The van der Waals surface area contributed by atoms with Crippen LogP contribution >= 0.6 is 11.6 Å². The highest BCUT2D eigenvalue weighted by Gasteiger charge is 2.20. The third-order valence-electron chi connectivity index (χ3n) is 3.19. The summed E-state index contributed by atoms with van der Waals surface area (Å²) in [6, 6.07) is 7.06. The van der Waals surface area contributed by atoms with Crippen LogP contribution in [0.5, 0.6) is 0 Å². The van der Waals surface area contributed by atoms with Crippen LogP contribution in [0, 0.1) is 0 Å². The summed E-state index contributed by atoms with van der Waals surface area (Å²) >= 11 is 6.00. The van der Waals surface area contributed by atoms with Gasteiger partial charge in [-0.3, -0.25) is 4.90 Å². The molecule has 0 bridgehead atoms. The Balaban J connectivity index is 1.87. The van der Waals surface area contributed by atoms with E-state index in [2.05, 4.69) is 10.2 Å². The van der Waals surface area contributed by atoms with E-state index < -0.39 is 0 Å². The highest BCUT2D eigenvalue weighted by Crippen LogP contribution is 2.20. The predicted octanol–water partition coefficient (Wildman–Crippen LogP) is 1.48. The van der Waals surface area contributed by atoms with Crippen LogP contribution in [0.2, 0.25) is 5.02 Å². The summed E-state index contributed by atoms with van der Waals surface area (Å²) in [4.78, 5) is 16.0. The molecule has 6 heteroatoms. The van der Waals surface area contributed by atoms with Crippen molar-refractivity contribution in [3.05, 3.63) is 29.3 Å². The molecule has 2 N–H and O–H groups in total. The molecule has 1 aromatic carbocycles. The summed E-state index contributed by atoms with van der Waals surface area (Å²) in [7, 11) is 0. The molecule has 1 aromatic rings. The van der Waals surface area contributed by atoms with Gasteiger partial charge in [0.05, 0.1) is 17.3 Å². The average Bonchev–Trinajstić information content (AvgIpc) is 2.42. The highest BCUT2D eigenvalue weighted by atomic mass is 35.5. The summed E-state index contributed by atoms with van der Waals surface area (Å²) in [6.07, 6.45) is 0. The Bertz CT molecular complexity index is 434. The van der Waals surface area contributed by atoms with Gasteiger partial charge in [0.2, 0.25) is 0 Å². The second-order valence-corrected chi connectivity index (χ2v) is 4.87. The van der Waals surface area contributed by atoms with Gasteiger partial charge in [0.25, 0.3) is 0 Å². The molecule has 2 rings (SSSR count). The minimum atomic E-state index is -0.128. The lowest BCUT2D eigenvalue weighted by molar-refractivity contribution is 0.127. The van der Waals surface area contributed by atoms with E-state index in [0.29, 0.717) is 30.3 Å². The third-order valence-corrected chi connectivity index (χ3v) is 3.52. The van der Waals surface area contributed by atoms with Crippen LogP contribution in [-0.2, 0) is 0 Å². The molecule has 0 saturated carbocycles. The van der Waals surface area contributed by atoms with Gasteiger partial charge < -0.3 is 15.3 Å². The standard InChI is InChI=1S/C13H18ClN3O2/c14-11-3-1-2-4-12(11)15-13(19)17-7-5-16(6-8-17)9-10-18/h1-4,18H,5-10H2,(H,15,19). The number of hydrogen-bond acceptors (Lipinski definition) is 3. The fourth-order valence-electron chi connectivity index (χ4n) is 2.07. The molecule has 104 valence electrons. The largest absolute Gasteiger partial charge is 0.395 e. The first-order valence-corrected chi connectivity index (χ1v) is 6.72. The number of β-amino-alcohol motifs (C(OH)–C–C–N with tert-alkyl or cyclic N) is 1.